The van der Waals surface area contributed by atoms with Gasteiger partial charge in [0.1, 0.15) is 5.82 Å². The number of imidazole rings is 1. The number of aryl methyl sites for hydroxylation is 1. The Bertz CT molecular complexity index is 1120. The molecule has 0 aliphatic carbocycles. The molecule has 1 aromatic carbocycles. The van der Waals surface area contributed by atoms with Gasteiger partial charge >= 0.3 is 0 Å². The van der Waals surface area contributed by atoms with E-state index in [4.69, 9.17) is 4.52 Å². The fraction of sp³-hybridized carbons (Fsp3) is 0.421. The molecule has 0 amide bonds. The quantitative estimate of drug-likeness (QED) is 0.631. The summed E-state index contributed by atoms with van der Waals surface area (Å²) in [5.41, 5.74) is 1.02. The van der Waals surface area contributed by atoms with Crippen LogP contribution in [0.2, 0.25) is 0 Å². The van der Waals surface area contributed by atoms with Crippen LogP contribution in [-0.2, 0) is 16.6 Å². The normalized spacial score (nSPS) is 16.4. The Balaban J connectivity index is 1.48. The molecular formula is C19H22FN5O3S. The van der Waals surface area contributed by atoms with Gasteiger partial charge in [-0.3, -0.25) is 0 Å². The van der Waals surface area contributed by atoms with Gasteiger partial charge in [0, 0.05) is 24.8 Å². The smallest absolute Gasteiger partial charge is 0.262 e. The third kappa shape index (κ3) is 4.08. The number of benzene rings is 1. The predicted molar refractivity (Wildman–Crippen MR) is 103 cm³/mol. The highest BCUT2D eigenvalue weighted by molar-refractivity contribution is 7.89. The van der Waals surface area contributed by atoms with Crippen LogP contribution in [0.1, 0.15) is 31.2 Å². The summed E-state index contributed by atoms with van der Waals surface area (Å²) in [7, 11) is -3.61. The van der Waals surface area contributed by atoms with Crippen LogP contribution in [0.15, 0.2) is 40.3 Å². The van der Waals surface area contributed by atoms with E-state index in [1.807, 2.05) is 0 Å². The summed E-state index contributed by atoms with van der Waals surface area (Å²) in [6.07, 6.45) is 4.60. The fourth-order valence-corrected chi connectivity index (χ4v) is 4.65. The zero-order valence-electron chi connectivity index (χ0n) is 16.2. The minimum absolute atomic E-state index is 0.0105. The van der Waals surface area contributed by atoms with Crippen LogP contribution in [0.25, 0.3) is 11.5 Å². The number of hydrogen-bond acceptors (Lipinski definition) is 6. The second-order valence-corrected chi connectivity index (χ2v) is 9.34. The molecule has 0 saturated carbocycles. The molecule has 0 unspecified atom stereocenters. The van der Waals surface area contributed by atoms with Crippen LogP contribution in [0.4, 0.5) is 4.39 Å². The van der Waals surface area contributed by atoms with Gasteiger partial charge in [0.2, 0.25) is 0 Å². The number of sulfonamides is 1. The van der Waals surface area contributed by atoms with Gasteiger partial charge < -0.3 is 9.09 Å². The van der Waals surface area contributed by atoms with E-state index >= 15 is 0 Å². The van der Waals surface area contributed by atoms with Crippen LogP contribution in [-0.4, -0.2) is 45.5 Å². The molecule has 154 valence electrons. The van der Waals surface area contributed by atoms with E-state index in [2.05, 4.69) is 22.0 Å². The number of halogens is 1. The maximum Gasteiger partial charge on any atom is 0.262 e. The highest BCUT2D eigenvalue weighted by Gasteiger charge is 2.29. The SMILES string of the molecule is Cc1ccc(-c2nc(Cn3cnc(S(=O)(=O)N4CCC(C)CC4)c3)no2)cc1F. The summed E-state index contributed by atoms with van der Waals surface area (Å²) in [5.74, 6) is 0.732. The van der Waals surface area contributed by atoms with Crippen LogP contribution in [0.5, 0.6) is 0 Å². The van der Waals surface area contributed by atoms with Crippen molar-refractivity contribution in [2.24, 2.45) is 5.92 Å². The second-order valence-electron chi connectivity index (χ2n) is 7.45. The number of aromatic nitrogens is 4. The van der Waals surface area contributed by atoms with E-state index in [0.29, 0.717) is 36.0 Å². The molecule has 29 heavy (non-hydrogen) atoms. The average molecular weight is 419 g/mol. The lowest BCUT2D eigenvalue weighted by atomic mass is 10.0. The van der Waals surface area contributed by atoms with E-state index < -0.39 is 10.0 Å². The maximum atomic E-state index is 13.7. The Hall–Kier alpha value is -2.59. The van der Waals surface area contributed by atoms with E-state index in [9.17, 15) is 12.8 Å². The molecule has 10 heteroatoms. The molecule has 2 aromatic heterocycles. The van der Waals surface area contributed by atoms with E-state index in [-0.39, 0.29) is 23.3 Å². The Labute approximate surface area is 168 Å². The highest BCUT2D eigenvalue weighted by Crippen LogP contribution is 2.23. The van der Waals surface area contributed by atoms with Crippen molar-refractivity contribution in [3.05, 3.63) is 47.9 Å². The van der Waals surface area contributed by atoms with Gasteiger partial charge in [0.05, 0.1) is 12.9 Å². The van der Waals surface area contributed by atoms with Crippen LogP contribution in [0.3, 0.4) is 0 Å². The average Bonchev–Trinajstić information content (AvgIpc) is 3.35. The summed E-state index contributed by atoms with van der Waals surface area (Å²) in [4.78, 5) is 8.33. The van der Waals surface area contributed by atoms with E-state index in [1.54, 1.807) is 23.6 Å². The van der Waals surface area contributed by atoms with Gasteiger partial charge in [-0.2, -0.15) is 9.29 Å². The van der Waals surface area contributed by atoms with Crippen molar-refractivity contribution in [2.75, 3.05) is 13.1 Å². The topological polar surface area (TPSA) is 94.1 Å². The predicted octanol–water partition coefficient (Wildman–Crippen LogP) is 2.85. The van der Waals surface area contributed by atoms with Crippen molar-refractivity contribution in [3.63, 3.8) is 0 Å². The number of rotatable bonds is 5. The van der Waals surface area contributed by atoms with Gasteiger partial charge in [0.15, 0.2) is 10.9 Å². The van der Waals surface area contributed by atoms with Crippen molar-refractivity contribution in [1.82, 2.24) is 24.0 Å². The molecule has 1 fully saturated rings. The zero-order chi connectivity index (χ0) is 20.6. The molecule has 0 atom stereocenters. The molecule has 4 rings (SSSR count). The molecule has 0 radical (unpaired) electrons. The molecule has 3 aromatic rings. The first kappa shape index (κ1) is 19.7. The molecule has 3 heterocycles. The number of nitrogens with zero attached hydrogens (tertiary/aromatic N) is 5. The lowest BCUT2D eigenvalue weighted by molar-refractivity contribution is 0.287. The third-order valence-electron chi connectivity index (χ3n) is 5.17. The van der Waals surface area contributed by atoms with Crippen LogP contribution >= 0.6 is 0 Å². The lowest BCUT2D eigenvalue weighted by Crippen LogP contribution is -2.38. The summed E-state index contributed by atoms with van der Waals surface area (Å²) in [6, 6.07) is 4.69. The van der Waals surface area contributed by atoms with Gasteiger partial charge in [-0.05, 0) is 43.4 Å². The molecule has 1 aliphatic heterocycles. The molecule has 1 saturated heterocycles. The van der Waals surface area contributed by atoms with Crippen molar-refractivity contribution in [2.45, 2.75) is 38.3 Å². The Morgan fingerprint density at radius 1 is 1.28 bits per heavy atom. The Morgan fingerprint density at radius 2 is 2.03 bits per heavy atom. The minimum Gasteiger partial charge on any atom is -0.334 e. The standard InChI is InChI=1S/C19H22FN5O3S/c1-13-5-7-25(8-6-13)29(26,27)18-11-24(12-21-18)10-17-22-19(28-23-17)15-4-3-14(2)16(20)9-15/h3-4,9,11-13H,5-8,10H2,1-2H3. The first-order chi connectivity index (χ1) is 13.8. The molecular weight excluding hydrogens is 397 g/mol. The first-order valence-corrected chi connectivity index (χ1v) is 10.9. The summed E-state index contributed by atoms with van der Waals surface area (Å²) in [5, 5.41) is 3.90. The van der Waals surface area contributed by atoms with Gasteiger partial charge in [-0.1, -0.05) is 18.1 Å². The summed E-state index contributed by atoms with van der Waals surface area (Å²) < 4.78 is 47.6. The van der Waals surface area contributed by atoms with E-state index in [0.717, 1.165) is 12.8 Å². The van der Waals surface area contributed by atoms with Gasteiger partial charge in [-0.15, -0.1) is 0 Å². The molecule has 1 aliphatic rings. The van der Waals surface area contributed by atoms with Crippen molar-refractivity contribution >= 4 is 10.0 Å². The first-order valence-electron chi connectivity index (χ1n) is 9.44. The highest BCUT2D eigenvalue weighted by atomic mass is 32.2. The summed E-state index contributed by atoms with van der Waals surface area (Å²) in [6.45, 7) is 5.02. The van der Waals surface area contributed by atoms with Crippen molar-refractivity contribution in [3.8, 4) is 11.5 Å². The van der Waals surface area contributed by atoms with Gasteiger partial charge in [0.25, 0.3) is 15.9 Å². The maximum absolute atomic E-state index is 13.7. The Morgan fingerprint density at radius 3 is 2.76 bits per heavy atom. The van der Waals surface area contributed by atoms with E-state index in [1.165, 1.54) is 22.9 Å². The minimum atomic E-state index is -3.61. The summed E-state index contributed by atoms with van der Waals surface area (Å²) >= 11 is 0. The molecule has 8 nitrogen and oxygen atoms in total. The zero-order valence-corrected chi connectivity index (χ0v) is 17.1. The Kier molecular flexibility index (Phi) is 5.22. The largest absolute Gasteiger partial charge is 0.334 e. The monoisotopic (exact) mass is 419 g/mol. The number of hydrogen-bond donors (Lipinski definition) is 0. The third-order valence-corrected chi connectivity index (χ3v) is 6.95. The van der Waals surface area contributed by atoms with Crippen molar-refractivity contribution < 1.29 is 17.3 Å². The lowest BCUT2D eigenvalue weighted by Gasteiger charge is -2.28. The van der Waals surface area contributed by atoms with Crippen molar-refractivity contribution in [1.29, 1.82) is 0 Å². The van der Waals surface area contributed by atoms with Crippen LogP contribution in [0, 0.1) is 18.7 Å². The van der Waals surface area contributed by atoms with Gasteiger partial charge in [-0.25, -0.2) is 17.8 Å². The molecule has 0 bridgehead atoms. The van der Waals surface area contributed by atoms with Crippen LogP contribution < -0.4 is 0 Å². The molecule has 0 spiro atoms. The second kappa shape index (κ2) is 7.68. The number of piperidine rings is 1. The molecule has 0 N–H and O–H groups in total. The fourth-order valence-electron chi connectivity index (χ4n) is 3.24.